The number of rotatable bonds is 6. The minimum atomic E-state index is -0.730. The highest BCUT2D eigenvalue weighted by Gasteiger charge is 2.35. The first-order valence-electron chi connectivity index (χ1n) is 17.0. The van der Waals surface area contributed by atoms with Gasteiger partial charge in [-0.3, -0.25) is 14.8 Å². The molecule has 4 aliphatic heterocycles. The van der Waals surface area contributed by atoms with Crippen LogP contribution in [0.3, 0.4) is 0 Å². The van der Waals surface area contributed by atoms with Crippen LogP contribution in [0.4, 0.5) is 15.3 Å². The fourth-order valence-corrected chi connectivity index (χ4v) is 8.00. The number of carbonyl (C=O) groups is 3. The summed E-state index contributed by atoms with van der Waals surface area (Å²) in [5.74, 6) is -0.0591. The monoisotopic (exact) mass is 661 g/mol. The van der Waals surface area contributed by atoms with Crippen LogP contribution >= 0.6 is 11.6 Å². The molecule has 0 bridgehead atoms. The second-order valence-electron chi connectivity index (χ2n) is 13.2. The van der Waals surface area contributed by atoms with Gasteiger partial charge in [0.1, 0.15) is 6.04 Å². The zero-order chi connectivity index (χ0) is 32.3. The number of halogens is 1. The van der Waals surface area contributed by atoms with Crippen LogP contribution in [0.5, 0.6) is 0 Å². The number of hydrogen-bond donors (Lipinski definition) is 4. The van der Waals surface area contributed by atoms with E-state index >= 15 is 0 Å². The molecule has 12 nitrogen and oxygen atoms in total. The maximum Gasteiger partial charge on any atom is 0.322 e. The van der Waals surface area contributed by atoms with Gasteiger partial charge in [-0.2, -0.15) is 5.10 Å². The summed E-state index contributed by atoms with van der Waals surface area (Å²) in [6, 6.07) is 11.2. The number of benzene rings is 2. The Kier molecular flexibility index (Phi) is 9.51. The molecule has 5 amide bonds. The average molecular weight is 662 g/mol. The Morgan fingerprint density at radius 3 is 2.45 bits per heavy atom. The molecule has 4 aliphatic rings. The molecule has 250 valence electrons. The fraction of sp³-hybridized carbons (Fsp3) is 0.529. The van der Waals surface area contributed by atoms with Crippen molar-refractivity contribution < 1.29 is 14.4 Å². The molecule has 1 aromatic heterocycles. The van der Waals surface area contributed by atoms with Gasteiger partial charge in [-0.15, -0.1) is 0 Å². The van der Waals surface area contributed by atoms with Gasteiger partial charge in [0.05, 0.1) is 16.7 Å². The topological polar surface area (TPSA) is 129 Å². The van der Waals surface area contributed by atoms with Crippen LogP contribution in [0.15, 0.2) is 42.6 Å². The van der Waals surface area contributed by atoms with Crippen LogP contribution in [0.1, 0.15) is 36.8 Å². The number of anilines is 1. The molecule has 1 atom stereocenters. The first kappa shape index (κ1) is 31.7. The molecule has 3 fully saturated rings. The van der Waals surface area contributed by atoms with Crippen molar-refractivity contribution in [3.8, 4) is 0 Å². The number of carbonyl (C=O) groups excluding carboxylic acids is 3. The summed E-state index contributed by atoms with van der Waals surface area (Å²) in [4.78, 5) is 49.1. The molecule has 0 radical (unpaired) electrons. The van der Waals surface area contributed by atoms with Crippen molar-refractivity contribution in [2.24, 2.45) is 0 Å². The quantitative estimate of drug-likeness (QED) is 0.321. The highest BCUT2D eigenvalue weighted by molar-refractivity contribution is 6.35. The summed E-state index contributed by atoms with van der Waals surface area (Å²) >= 11 is 6.55. The molecule has 0 spiro atoms. The Labute approximate surface area is 280 Å². The van der Waals surface area contributed by atoms with Crippen LogP contribution in [-0.2, 0) is 17.6 Å². The van der Waals surface area contributed by atoms with Crippen molar-refractivity contribution in [3.05, 3.63) is 58.7 Å². The third-order valence-corrected chi connectivity index (χ3v) is 10.7. The Hall–Kier alpha value is -3.87. The molecule has 0 aliphatic carbocycles. The Morgan fingerprint density at radius 1 is 0.936 bits per heavy atom. The van der Waals surface area contributed by atoms with Crippen molar-refractivity contribution in [1.82, 2.24) is 40.4 Å². The number of piperidine rings is 2. The van der Waals surface area contributed by atoms with E-state index in [1.807, 2.05) is 40.1 Å². The van der Waals surface area contributed by atoms with E-state index in [0.717, 1.165) is 73.2 Å². The largest absolute Gasteiger partial charge is 0.341 e. The van der Waals surface area contributed by atoms with Gasteiger partial charge in [0.2, 0.25) is 5.91 Å². The number of aromatic nitrogens is 2. The molecule has 1 unspecified atom stereocenters. The van der Waals surface area contributed by atoms with Crippen molar-refractivity contribution >= 4 is 46.2 Å². The van der Waals surface area contributed by atoms with Crippen molar-refractivity contribution in [1.29, 1.82) is 0 Å². The Balaban J connectivity index is 1.00. The molecule has 0 saturated carbocycles. The van der Waals surface area contributed by atoms with Gasteiger partial charge < -0.3 is 30.7 Å². The van der Waals surface area contributed by atoms with Gasteiger partial charge in [0.25, 0.3) is 0 Å². The smallest absolute Gasteiger partial charge is 0.322 e. The second kappa shape index (κ2) is 14.1. The Bertz CT molecular complexity index is 1590. The molecule has 3 saturated heterocycles. The summed E-state index contributed by atoms with van der Waals surface area (Å²) in [6.07, 6.45) is 6.07. The highest BCUT2D eigenvalue weighted by Crippen LogP contribution is 2.27. The number of piperazine rings is 1. The van der Waals surface area contributed by atoms with Crippen LogP contribution in [0, 0.1) is 0 Å². The van der Waals surface area contributed by atoms with E-state index in [2.05, 4.69) is 37.1 Å². The van der Waals surface area contributed by atoms with E-state index in [1.54, 1.807) is 11.1 Å². The Morgan fingerprint density at radius 2 is 1.66 bits per heavy atom. The number of fused-ring (bicyclic) bond motifs is 2. The normalized spacial score (nSPS) is 20.9. The van der Waals surface area contributed by atoms with Crippen LogP contribution in [-0.4, -0.2) is 125 Å². The van der Waals surface area contributed by atoms with E-state index in [-0.39, 0.29) is 24.0 Å². The number of nitrogens with one attached hydrogen (secondary N) is 4. The lowest BCUT2D eigenvalue weighted by molar-refractivity contribution is -0.134. The molecular weight excluding hydrogens is 618 g/mol. The number of hydrogen-bond acceptors (Lipinski definition) is 6. The van der Waals surface area contributed by atoms with Gasteiger partial charge in [-0.25, -0.2) is 9.59 Å². The number of urea groups is 2. The molecular formula is C34H44ClN9O3. The van der Waals surface area contributed by atoms with Gasteiger partial charge in [0.15, 0.2) is 0 Å². The summed E-state index contributed by atoms with van der Waals surface area (Å²) in [6.45, 7) is 7.12. The first-order chi connectivity index (χ1) is 22.9. The summed E-state index contributed by atoms with van der Waals surface area (Å²) < 4.78 is 0. The maximum atomic E-state index is 14.1. The third-order valence-electron chi connectivity index (χ3n) is 10.4. The number of amides is 5. The zero-order valence-electron chi connectivity index (χ0n) is 26.7. The zero-order valence-corrected chi connectivity index (χ0v) is 27.5. The number of H-pyrrole nitrogens is 1. The van der Waals surface area contributed by atoms with Gasteiger partial charge >= 0.3 is 12.1 Å². The maximum absolute atomic E-state index is 14.1. The predicted molar refractivity (Wildman–Crippen MR) is 182 cm³/mol. The summed E-state index contributed by atoms with van der Waals surface area (Å²) in [5, 5.41) is 18.0. The third kappa shape index (κ3) is 7.05. The summed E-state index contributed by atoms with van der Waals surface area (Å²) in [7, 11) is 0. The molecule has 13 heteroatoms. The minimum Gasteiger partial charge on any atom is -0.341 e. The lowest BCUT2D eigenvalue weighted by Gasteiger charge is -2.41. The van der Waals surface area contributed by atoms with Crippen LogP contribution < -0.4 is 16.0 Å². The van der Waals surface area contributed by atoms with Gasteiger partial charge in [-0.05, 0) is 61.4 Å². The van der Waals surface area contributed by atoms with Gasteiger partial charge in [0, 0.05) is 88.5 Å². The van der Waals surface area contributed by atoms with Crippen LogP contribution in [0.25, 0.3) is 10.9 Å². The molecule has 2 aromatic carbocycles. The lowest BCUT2D eigenvalue weighted by Crippen LogP contribution is -2.58. The summed E-state index contributed by atoms with van der Waals surface area (Å²) in [5.41, 5.74) is 3.62. The van der Waals surface area contributed by atoms with Crippen molar-refractivity contribution in [2.45, 2.75) is 56.7 Å². The fourth-order valence-electron chi connectivity index (χ4n) is 7.70. The molecule has 3 aromatic rings. The molecule has 4 N–H and O–H groups in total. The van der Waals surface area contributed by atoms with Crippen molar-refractivity contribution in [3.63, 3.8) is 0 Å². The molecule has 7 rings (SSSR count). The first-order valence-corrected chi connectivity index (χ1v) is 17.4. The van der Waals surface area contributed by atoms with Gasteiger partial charge in [-0.1, -0.05) is 29.8 Å². The predicted octanol–water partition coefficient (Wildman–Crippen LogP) is 3.29. The molecule has 5 heterocycles. The minimum absolute atomic E-state index is 0.0478. The molecule has 47 heavy (non-hydrogen) atoms. The van der Waals surface area contributed by atoms with E-state index in [0.29, 0.717) is 63.1 Å². The standard InChI is InChI=1S/C34H44ClN9O3/c35-28-20-23(19-25-22-37-40-31(25)28)21-30(32(45)42-12-6-26(7-13-42)41-17-10-36-11-18-41)39-33(46)43-14-8-27(9-15-43)44-16-5-24-3-1-2-4-29(24)38-34(44)47/h1-4,19-20,22,26-27,30,36H,5-18,21H2,(H,37,40)(H,38,47)(H,39,46). The van der Waals surface area contributed by atoms with E-state index < -0.39 is 6.04 Å². The van der Waals surface area contributed by atoms with Crippen LogP contribution in [0.2, 0.25) is 5.02 Å². The number of nitrogens with zero attached hydrogens (tertiary/aromatic N) is 5. The SMILES string of the molecule is O=C(NC(Cc1cc(Cl)c2[nH]ncc2c1)C(=O)N1CCC(N2CCNCC2)CC1)N1CCC(N2CCc3ccccc3NC2=O)CC1. The average Bonchev–Trinajstić information content (AvgIpc) is 3.52. The number of likely N-dealkylation sites (tertiary alicyclic amines) is 2. The highest BCUT2D eigenvalue weighted by atomic mass is 35.5. The lowest BCUT2D eigenvalue weighted by atomic mass is 9.99. The van der Waals surface area contributed by atoms with Crippen molar-refractivity contribution in [2.75, 3.05) is 64.2 Å². The van der Waals surface area contributed by atoms with E-state index in [4.69, 9.17) is 11.6 Å². The number of aromatic amines is 1. The second-order valence-corrected chi connectivity index (χ2v) is 13.6. The van der Waals surface area contributed by atoms with E-state index in [1.165, 1.54) is 0 Å². The number of para-hydroxylation sites is 1. The van der Waals surface area contributed by atoms with E-state index in [9.17, 15) is 14.4 Å².